The SMILES string of the molecule is CC(C)=CCC/C(C)=C/CN1C(=O)[C@@](O)([C@@H](C)/C=C/CC(=O)N2CCC[C@H]2CO)c2cc(N3CCNCC3=O)ccc21. The summed E-state index contributed by atoms with van der Waals surface area (Å²) in [6.07, 6.45) is 11.3. The van der Waals surface area contributed by atoms with Crippen molar-refractivity contribution in [2.24, 2.45) is 5.92 Å². The van der Waals surface area contributed by atoms with Gasteiger partial charge in [-0.05, 0) is 64.7 Å². The Hall–Kier alpha value is -3.27. The molecule has 0 saturated carbocycles. The van der Waals surface area contributed by atoms with Gasteiger partial charge in [0.25, 0.3) is 5.91 Å². The molecule has 3 heterocycles. The number of nitrogens with zero attached hydrogens (tertiary/aromatic N) is 3. The third kappa shape index (κ3) is 6.69. The first-order valence-electron chi connectivity index (χ1n) is 15.1. The first-order chi connectivity index (χ1) is 20.1. The zero-order valence-corrected chi connectivity index (χ0v) is 25.4. The van der Waals surface area contributed by atoms with E-state index in [-0.39, 0.29) is 37.4 Å². The lowest BCUT2D eigenvalue weighted by Gasteiger charge is -2.30. The summed E-state index contributed by atoms with van der Waals surface area (Å²) in [6.45, 7) is 10.3. The van der Waals surface area contributed by atoms with Crippen LogP contribution in [0.4, 0.5) is 11.4 Å². The summed E-state index contributed by atoms with van der Waals surface area (Å²) in [5, 5.41) is 24.8. The lowest BCUT2D eigenvalue weighted by molar-refractivity contribution is -0.139. The number of piperazine rings is 1. The largest absolute Gasteiger partial charge is 0.394 e. The molecule has 0 radical (unpaired) electrons. The van der Waals surface area contributed by atoms with E-state index in [1.165, 1.54) is 5.57 Å². The van der Waals surface area contributed by atoms with E-state index in [2.05, 4.69) is 32.2 Å². The molecule has 0 spiro atoms. The van der Waals surface area contributed by atoms with Gasteiger partial charge in [-0.25, -0.2) is 0 Å². The number of fused-ring (bicyclic) bond motifs is 1. The highest BCUT2D eigenvalue weighted by Gasteiger charge is 2.52. The van der Waals surface area contributed by atoms with Crippen LogP contribution in [0.5, 0.6) is 0 Å². The summed E-state index contributed by atoms with van der Waals surface area (Å²) in [7, 11) is 0. The molecule has 0 bridgehead atoms. The van der Waals surface area contributed by atoms with Crippen molar-refractivity contribution < 1.29 is 24.6 Å². The molecular formula is C33H46N4O5. The Morgan fingerprint density at radius 2 is 1.98 bits per heavy atom. The van der Waals surface area contributed by atoms with Crippen LogP contribution in [0, 0.1) is 5.92 Å². The van der Waals surface area contributed by atoms with Crippen LogP contribution in [-0.4, -0.2) is 78.2 Å². The molecule has 4 rings (SSSR count). The van der Waals surface area contributed by atoms with E-state index < -0.39 is 17.4 Å². The zero-order valence-electron chi connectivity index (χ0n) is 25.4. The van der Waals surface area contributed by atoms with Gasteiger partial charge in [0.2, 0.25) is 11.8 Å². The Bertz CT molecular complexity index is 1270. The van der Waals surface area contributed by atoms with Gasteiger partial charge in [-0.15, -0.1) is 0 Å². The van der Waals surface area contributed by atoms with Gasteiger partial charge >= 0.3 is 0 Å². The second-order valence-electron chi connectivity index (χ2n) is 12.0. The van der Waals surface area contributed by atoms with E-state index >= 15 is 0 Å². The number of rotatable bonds is 11. The van der Waals surface area contributed by atoms with Gasteiger partial charge in [0.1, 0.15) is 0 Å². The molecule has 2 saturated heterocycles. The molecule has 0 aliphatic carbocycles. The molecule has 3 aliphatic heterocycles. The third-order valence-electron chi connectivity index (χ3n) is 8.65. The number of hydrogen-bond donors (Lipinski definition) is 3. The number of anilines is 2. The van der Waals surface area contributed by atoms with E-state index in [1.54, 1.807) is 39.8 Å². The summed E-state index contributed by atoms with van der Waals surface area (Å²) in [5.41, 5.74) is 2.32. The second kappa shape index (κ2) is 13.8. The Kier molecular flexibility index (Phi) is 10.4. The van der Waals surface area contributed by atoms with E-state index in [4.69, 9.17) is 0 Å². The number of aliphatic hydroxyl groups is 2. The zero-order chi connectivity index (χ0) is 30.4. The molecular weight excluding hydrogens is 532 g/mol. The van der Waals surface area contributed by atoms with Gasteiger partial charge in [0, 0.05) is 49.8 Å². The van der Waals surface area contributed by atoms with Crippen molar-refractivity contribution in [3.05, 3.63) is 59.2 Å². The number of nitrogens with one attached hydrogen (secondary N) is 1. The molecule has 0 aromatic heterocycles. The summed E-state index contributed by atoms with van der Waals surface area (Å²) in [5.74, 6) is -1.19. The maximum atomic E-state index is 14.0. The average Bonchev–Trinajstić information content (AvgIpc) is 3.53. The minimum absolute atomic E-state index is 0.0481. The maximum Gasteiger partial charge on any atom is 0.264 e. The van der Waals surface area contributed by atoms with E-state index in [9.17, 15) is 24.6 Å². The topological polar surface area (TPSA) is 113 Å². The molecule has 0 unspecified atom stereocenters. The van der Waals surface area contributed by atoms with Crippen molar-refractivity contribution in [3.8, 4) is 0 Å². The molecule has 1 aromatic rings. The maximum absolute atomic E-state index is 14.0. The number of hydrogen-bond acceptors (Lipinski definition) is 6. The number of allylic oxidation sites excluding steroid dienone is 3. The van der Waals surface area contributed by atoms with Crippen LogP contribution in [0.1, 0.15) is 65.4 Å². The smallest absolute Gasteiger partial charge is 0.264 e. The molecule has 1 aromatic carbocycles. The van der Waals surface area contributed by atoms with E-state index in [0.717, 1.165) is 31.3 Å². The summed E-state index contributed by atoms with van der Waals surface area (Å²) in [6, 6.07) is 5.29. The molecule has 9 nitrogen and oxygen atoms in total. The van der Waals surface area contributed by atoms with Gasteiger partial charge in [0.05, 0.1) is 24.9 Å². The molecule has 3 atom stereocenters. The van der Waals surface area contributed by atoms with Crippen LogP contribution < -0.4 is 15.1 Å². The monoisotopic (exact) mass is 578 g/mol. The third-order valence-corrected chi connectivity index (χ3v) is 8.65. The Balaban J connectivity index is 1.60. The lowest BCUT2D eigenvalue weighted by Crippen LogP contribution is -2.48. The first-order valence-corrected chi connectivity index (χ1v) is 15.1. The van der Waals surface area contributed by atoms with Crippen LogP contribution in [-0.2, 0) is 20.0 Å². The van der Waals surface area contributed by atoms with Crippen molar-refractivity contribution in [3.63, 3.8) is 0 Å². The minimum atomic E-state index is -1.85. The number of benzene rings is 1. The molecule has 2 fully saturated rings. The van der Waals surface area contributed by atoms with Crippen LogP contribution in [0.3, 0.4) is 0 Å². The number of aliphatic hydroxyl groups excluding tert-OH is 1. The van der Waals surface area contributed by atoms with Gasteiger partial charge < -0.3 is 30.2 Å². The molecule has 3 N–H and O–H groups in total. The quantitative estimate of drug-likeness (QED) is 0.347. The Labute approximate surface area is 249 Å². The highest BCUT2D eigenvalue weighted by atomic mass is 16.3. The molecule has 3 amide bonds. The Morgan fingerprint density at radius 3 is 2.69 bits per heavy atom. The fraction of sp³-hybridized carbons (Fsp3) is 0.545. The molecule has 228 valence electrons. The van der Waals surface area contributed by atoms with Crippen LogP contribution >= 0.6 is 0 Å². The minimum Gasteiger partial charge on any atom is -0.394 e. The van der Waals surface area contributed by atoms with Gasteiger partial charge in [-0.1, -0.05) is 42.4 Å². The first kappa shape index (κ1) is 31.7. The van der Waals surface area contributed by atoms with Crippen LogP contribution in [0.2, 0.25) is 0 Å². The van der Waals surface area contributed by atoms with Crippen molar-refractivity contribution in [1.29, 1.82) is 0 Å². The normalized spacial score (nSPS) is 23.6. The van der Waals surface area contributed by atoms with Crippen LogP contribution in [0.15, 0.2) is 53.6 Å². The van der Waals surface area contributed by atoms with Crippen molar-refractivity contribution in [2.75, 3.05) is 49.1 Å². The number of carbonyl (C=O) groups is 3. The predicted octanol–water partition coefficient (Wildman–Crippen LogP) is 3.42. The van der Waals surface area contributed by atoms with E-state index in [0.29, 0.717) is 43.1 Å². The van der Waals surface area contributed by atoms with Crippen molar-refractivity contribution >= 4 is 29.1 Å². The van der Waals surface area contributed by atoms with Crippen molar-refractivity contribution in [1.82, 2.24) is 10.2 Å². The second-order valence-corrected chi connectivity index (χ2v) is 12.0. The van der Waals surface area contributed by atoms with Gasteiger partial charge in [0.15, 0.2) is 5.60 Å². The number of amides is 3. The van der Waals surface area contributed by atoms with Gasteiger partial charge in [-0.2, -0.15) is 0 Å². The standard InChI is InChI=1S/C33H46N4O5/c1-23(2)8-5-9-24(3)15-18-37-29-14-13-26(36-19-16-34-21-31(36)40)20-28(29)33(42,32(37)41)25(4)10-6-12-30(39)35-17-7-11-27(35)22-38/h6,8,10,13-15,20,25,27,34,38,42H,5,7,9,11-12,16-19,21-22H2,1-4H3/b10-6+,24-15+/t25-,27-,33+/m0/s1. The predicted molar refractivity (Wildman–Crippen MR) is 165 cm³/mol. The number of carbonyl (C=O) groups excluding carboxylic acids is 3. The van der Waals surface area contributed by atoms with Gasteiger partial charge in [-0.3, -0.25) is 14.4 Å². The summed E-state index contributed by atoms with van der Waals surface area (Å²) in [4.78, 5) is 44.4. The highest BCUT2D eigenvalue weighted by Crippen LogP contribution is 2.46. The summed E-state index contributed by atoms with van der Waals surface area (Å²) < 4.78 is 0. The Morgan fingerprint density at radius 1 is 1.19 bits per heavy atom. The van der Waals surface area contributed by atoms with E-state index in [1.807, 2.05) is 18.2 Å². The fourth-order valence-electron chi connectivity index (χ4n) is 6.08. The molecule has 3 aliphatic rings. The number of likely N-dealkylation sites (tertiary alicyclic amines) is 1. The lowest BCUT2D eigenvalue weighted by atomic mass is 9.82. The average molecular weight is 579 g/mol. The van der Waals surface area contributed by atoms with Crippen molar-refractivity contribution in [2.45, 2.75) is 71.4 Å². The summed E-state index contributed by atoms with van der Waals surface area (Å²) >= 11 is 0. The fourth-order valence-corrected chi connectivity index (χ4v) is 6.08. The van der Waals surface area contributed by atoms with Crippen LogP contribution in [0.25, 0.3) is 0 Å². The molecule has 42 heavy (non-hydrogen) atoms. The molecule has 9 heteroatoms. The highest BCUT2D eigenvalue weighted by molar-refractivity contribution is 6.08.